The standard InChI is InChI=1S/C5H8O2.H2O/c1-4(2)5(6)7-3;/h1H2,2-3H3;1H2. The molecule has 0 unspecified atom stereocenters. The highest BCUT2D eigenvalue weighted by Crippen LogP contribution is 1.87. The van der Waals surface area contributed by atoms with Gasteiger partial charge in [-0.05, 0) is 6.92 Å². The molecule has 8 heavy (non-hydrogen) atoms. The third-order valence-corrected chi connectivity index (χ3v) is 0.534. The molecule has 0 aliphatic rings. The quantitative estimate of drug-likeness (QED) is 0.357. The van der Waals surface area contributed by atoms with Crippen molar-refractivity contribution in [3.8, 4) is 0 Å². The van der Waals surface area contributed by atoms with Gasteiger partial charge in [0.25, 0.3) is 0 Å². The molecule has 0 amide bonds. The highest BCUT2D eigenvalue weighted by molar-refractivity contribution is 5.86. The number of esters is 1. The van der Waals surface area contributed by atoms with Gasteiger partial charge in [-0.15, -0.1) is 0 Å². The molecule has 2 N–H and O–H groups in total. The fourth-order valence-corrected chi connectivity index (χ4v) is 0.174. The van der Waals surface area contributed by atoms with E-state index in [-0.39, 0.29) is 11.4 Å². The molecular formula is C5H10O3. The van der Waals surface area contributed by atoms with Crippen molar-refractivity contribution in [2.45, 2.75) is 6.92 Å². The lowest BCUT2D eigenvalue weighted by atomic mass is 10.4. The first-order chi connectivity index (χ1) is 3.18. The van der Waals surface area contributed by atoms with Crippen LogP contribution in [-0.4, -0.2) is 18.6 Å². The lowest BCUT2D eigenvalue weighted by Crippen LogP contribution is -1.98. The van der Waals surface area contributed by atoms with E-state index >= 15 is 0 Å². The van der Waals surface area contributed by atoms with Gasteiger partial charge < -0.3 is 10.2 Å². The van der Waals surface area contributed by atoms with Crippen LogP contribution in [0.2, 0.25) is 0 Å². The van der Waals surface area contributed by atoms with Crippen molar-refractivity contribution in [1.29, 1.82) is 0 Å². The molecule has 0 rings (SSSR count). The minimum atomic E-state index is -0.347. The fourth-order valence-electron chi connectivity index (χ4n) is 0.174. The second-order valence-electron chi connectivity index (χ2n) is 1.27. The Labute approximate surface area is 48.3 Å². The van der Waals surface area contributed by atoms with Crippen molar-refractivity contribution in [3.05, 3.63) is 12.2 Å². The van der Waals surface area contributed by atoms with Crippen LogP contribution >= 0.6 is 0 Å². The van der Waals surface area contributed by atoms with Crippen molar-refractivity contribution in [1.82, 2.24) is 0 Å². The molecule has 0 aromatic rings. The summed E-state index contributed by atoms with van der Waals surface area (Å²) in [6.45, 7) is 4.95. The zero-order valence-electron chi connectivity index (χ0n) is 5.02. The van der Waals surface area contributed by atoms with Gasteiger partial charge in [-0.25, -0.2) is 4.79 Å². The minimum Gasteiger partial charge on any atom is -0.466 e. The Bertz CT molecular complexity index is 95.8. The molecule has 0 aromatic heterocycles. The summed E-state index contributed by atoms with van der Waals surface area (Å²) in [7, 11) is 1.33. The number of methoxy groups -OCH3 is 1. The highest BCUT2D eigenvalue weighted by Gasteiger charge is 1.95. The summed E-state index contributed by atoms with van der Waals surface area (Å²) < 4.78 is 4.27. The van der Waals surface area contributed by atoms with Crippen molar-refractivity contribution in [2.24, 2.45) is 0 Å². The number of carbonyl (C=O) groups excluding carboxylic acids is 1. The average molecular weight is 118 g/mol. The van der Waals surface area contributed by atoms with Crippen LogP contribution in [0.1, 0.15) is 6.92 Å². The molecule has 0 radical (unpaired) electrons. The predicted octanol–water partition coefficient (Wildman–Crippen LogP) is -0.0892. The Kier molecular flexibility index (Phi) is 5.53. The number of rotatable bonds is 1. The van der Waals surface area contributed by atoms with E-state index in [1.54, 1.807) is 6.92 Å². The minimum absolute atomic E-state index is 0. The Morgan fingerprint density at radius 3 is 2.00 bits per heavy atom. The van der Waals surface area contributed by atoms with Gasteiger partial charge in [-0.2, -0.15) is 0 Å². The lowest BCUT2D eigenvalue weighted by Gasteiger charge is -1.91. The van der Waals surface area contributed by atoms with Gasteiger partial charge in [-0.1, -0.05) is 6.58 Å². The Morgan fingerprint density at radius 2 is 2.00 bits per heavy atom. The topological polar surface area (TPSA) is 57.8 Å². The molecule has 0 fully saturated rings. The molecule has 0 spiro atoms. The molecule has 0 saturated carbocycles. The zero-order chi connectivity index (χ0) is 5.86. The molecule has 0 bridgehead atoms. The smallest absolute Gasteiger partial charge is 0.332 e. The third kappa shape index (κ3) is 3.36. The lowest BCUT2D eigenvalue weighted by molar-refractivity contribution is -0.136. The van der Waals surface area contributed by atoms with Gasteiger partial charge >= 0.3 is 5.97 Å². The molecule has 0 heterocycles. The zero-order valence-corrected chi connectivity index (χ0v) is 5.02. The number of carbonyl (C=O) groups is 1. The van der Waals surface area contributed by atoms with E-state index in [2.05, 4.69) is 11.3 Å². The summed E-state index contributed by atoms with van der Waals surface area (Å²) >= 11 is 0. The average Bonchev–Trinajstić information content (AvgIpc) is 1.65. The van der Waals surface area contributed by atoms with E-state index < -0.39 is 0 Å². The van der Waals surface area contributed by atoms with Crippen LogP contribution < -0.4 is 0 Å². The molecule has 0 aromatic carbocycles. The molecule has 0 aliphatic heterocycles. The Morgan fingerprint density at radius 1 is 1.62 bits per heavy atom. The van der Waals surface area contributed by atoms with E-state index in [1.165, 1.54) is 7.11 Å². The van der Waals surface area contributed by atoms with Crippen LogP contribution in [-0.2, 0) is 9.53 Å². The van der Waals surface area contributed by atoms with E-state index in [0.29, 0.717) is 5.57 Å². The van der Waals surface area contributed by atoms with Crippen molar-refractivity contribution >= 4 is 5.97 Å². The fraction of sp³-hybridized carbons (Fsp3) is 0.400. The van der Waals surface area contributed by atoms with Gasteiger partial charge in [0.1, 0.15) is 0 Å². The number of hydrogen-bond acceptors (Lipinski definition) is 2. The van der Waals surface area contributed by atoms with E-state index in [0.717, 1.165) is 0 Å². The van der Waals surface area contributed by atoms with E-state index in [9.17, 15) is 4.79 Å². The van der Waals surface area contributed by atoms with E-state index in [4.69, 9.17) is 0 Å². The molecule has 0 aliphatic carbocycles. The van der Waals surface area contributed by atoms with Crippen molar-refractivity contribution in [3.63, 3.8) is 0 Å². The van der Waals surface area contributed by atoms with Gasteiger partial charge in [0, 0.05) is 5.57 Å². The second kappa shape index (κ2) is 4.33. The largest absolute Gasteiger partial charge is 0.466 e. The predicted molar refractivity (Wildman–Crippen MR) is 30.4 cm³/mol. The summed E-state index contributed by atoms with van der Waals surface area (Å²) in [6.07, 6.45) is 0. The summed E-state index contributed by atoms with van der Waals surface area (Å²) in [6, 6.07) is 0. The van der Waals surface area contributed by atoms with Gasteiger partial charge in [0.05, 0.1) is 7.11 Å². The van der Waals surface area contributed by atoms with Crippen LogP contribution in [0.5, 0.6) is 0 Å². The van der Waals surface area contributed by atoms with Crippen LogP contribution in [0.3, 0.4) is 0 Å². The first kappa shape index (κ1) is 10.2. The monoisotopic (exact) mass is 118 g/mol. The molecule has 0 saturated heterocycles. The van der Waals surface area contributed by atoms with Crippen LogP contribution in [0.25, 0.3) is 0 Å². The number of ether oxygens (including phenoxy) is 1. The van der Waals surface area contributed by atoms with Crippen LogP contribution in [0.15, 0.2) is 12.2 Å². The first-order valence-corrected chi connectivity index (χ1v) is 1.92. The Hall–Kier alpha value is -0.830. The maximum atomic E-state index is 10.2. The molecule has 0 atom stereocenters. The SMILES string of the molecule is C=C(C)C(=O)OC.O. The van der Waals surface area contributed by atoms with Gasteiger partial charge in [0.2, 0.25) is 0 Å². The summed E-state index contributed by atoms with van der Waals surface area (Å²) in [5.41, 5.74) is 0.433. The van der Waals surface area contributed by atoms with Gasteiger partial charge in [0.15, 0.2) is 0 Å². The molecule has 3 heteroatoms. The summed E-state index contributed by atoms with van der Waals surface area (Å²) in [5, 5.41) is 0. The number of hydrogen-bond donors (Lipinski definition) is 0. The summed E-state index contributed by atoms with van der Waals surface area (Å²) in [5.74, 6) is -0.347. The molecule has 3 nitrogen and oxygen atoms in total. The Balaban J connectivity index is 0. The molecular weight excluding hydrogens is 108 g/mol. The van der Waals surface area contributed by atoms with Crippen molar-refractivity contribution < 1.29 is 15.0 Å². The normalized spacial score (nSPS) is 6.75. The van der Waals surface area contributed by atoms with Gasteiger partial charge in [-0.3, -0.25) is 0 Å². The van der Waals surface area contributed by atoms with Crippen LogP contribution in [0.4, 0.5) is 0 Å². The van der Waals surface area contributed by atoms with Crippen molar-refractivity contribution in [2.75, 3.05) is 7.11 Å². The second-order valence-corrected chi connectivity index (χ2v) is 1.27. The van der Waals surface area contributed by atoms with Crippen LogP contribution in [0, 0.1) is 0 Å². The maximum Gasteiger partial charge on any atom is 0.332 e. The van der Waals surface area contributed by atoms with E-state index in [1.807, 2.05) is 0 Å². The summed E-state index contributed by atoms with van der Waals surface area (Å²) in [4.78, 5) is 10.2. The third-order valence-electron chi connectivity index (χ3n) is 0.534. The first-order valence-electron chi connectivity index (χ1n) is 1.92. The highest BCUT2D eigenvalue weighted by atomic mass is 16.5. The molecule has 48 valence electrons. The maximum absolute atomic E-state index is 10.2.